The summed E-state index contributed by atoms with van der Waals surface area (Å²) in [4.78, 5) is 32.3. The van der Waals surface area contributed by atoms with Crippen LogP contribution in [0, 0.1) is 5.92 Å². The number of nitrogens with one attached hydrogen (secondary N) is 2. The Balaban J connectivity index is 1.97. The van der Waals surface area contributed by atoms with Gasteiger partial charge < -0.3 is 30.1 Å². The number of hydrogen-bond acceptors (Lipinski definition) is 7. The van der Waals surface area contributed by atoms with Crippen molar-refractivity contribution in [1.82, 2.24) is 15.2 Å². The van der Waals surface area contributed by atoms with Gasteiger partial charge in [0.15, 0.2) is 0 Å². The Hall–Kier alpha value is -3.01. The number of rotatable bonds is 6. The van der Waals surface area contributed by atoms with E-state index in [1.54, 1.807) is 47.6 Å². The van der Waals surface area contributed by atoms with Crippen molar-refractivity contribution in [1.29, 1.82) is 0 Å². The van der Waals surface area contributed by atoms with Crippen LogP contribution in [0.25, 0.3) is 0 Å². The lowest BCUT2D eigenvalue weighted by molar-refractivity contribution is -0.000452. The van der Waals surface area contributed by atoms with E-state index in [-0.39, 0.29) is 36.5 Å². The number of likely N-dealkylation sites (N-methyl/N-ethyl adjacent to an activating group) is 1. The van der Waals surface area contributed by atoms with Crippen molar-refractivity contribution < 1.29 is 24.2 Å². The van der Waals surface area contributed by atoms with E-state index < -0.39 is 6.04 Å². The number of carbonyl (C=O) groups excluding carboxylic acids is 2. The molecule has 0 fully saturated rings. The minimum atomic E-state index is -0.418. The highest BCUT2D eigenvalue weighted by atomic mass is 16.5. The smallest absolute Gasteiger partial charge is 0.258 e. The second kappa shape index (κ2) is 14.1. The van der Waals surface area contributed by atoms with E-state index in [1.807, 2.05) is 20.9 Å². The number of amides is 2. The first-order valence-electron chi connectivity index (χ1n) is 13.0. The fraction of sp³-hybridized carbons (Fsp3) is 0.536. The molecular formula is C28H40N4O5. The minimum Gasteiger partial charge on any atom is -0.490 e. The maximum absolute atomic E-state index is 14.0. The maximum atomic E-state index is 14.0. The second-order valence-electron chi connectivity index (χ2n) is 9.76. The zero-order valence-electron chi connectivity index (χ0n) is 22.3. The molecule has 3 rings (SSSR count). The number of pyridine rings is 1. The highest BCUT2D eigenvalue weighted by Crippen LogP contribution is 2.28. The van der Waals surface area contributed by atoms with Crippen molar-refractivity contribution in [3.63, 3.8) is 0 Å². The van der Waals surface area contributed by atoms with Gasteiger partial charge >= 0.3 is 0 Å². The van der Waals surface area contributed by atoms with Crippen molar-refractivity contribution in [2.24, 2.45) is 5.92 Å². The van der Waals surface area contributed by atoms with Gasteiger partial charge in [-0.1, -0.05) is 6.92 Å². The van der Waals surface area contributed by atoms with Crippen LogP contribution in [0.3, 0.4) is 0 Å². The van der Waals surface area contributed by atoms with Gasteiger partial charge in [-0.15, -0.1) is 0 Å². The monoisotopic (exact) mass is 512 g/mol. The number of nitrogens with zero attached hydrogens (tertiary/aromatic N) is 2. The average molecular weight is 513 g/mol. The van der Waals surface area contributed by atoms with Gasteiger partial charge in [-0.3, -0.25) is 14.6 Å². The number of aliphatic hydroxyl groups excluding tert-OH is 1. The van der Waals surface area contributed by atoms with Crippen LogP contribution in [-0.4, -0.2) is 78.4 Å². The van der Waals surface area contributed by atoms with E-state index in [2.05, 4.69) is 22.5 Å². The number of ether oxygens (including phenoxy) is 2. The summed E-state index contributed by atoms with van der Waals surface area (Å²) in [6.45, 7) is 7.39. The van der Waals surface area contributed by atoms with Gasteiger partial charge in [-0.05, 0) is 70.5 Å². The Morgan fingerprint density at radius 2 is 1.97 bits per heavy atom. The Labute approximate surface area is 219 Å². The molecule has 202 valence electrons. The van der Waals surface area contributed by atoms with Crippen LogP contribution < -0.4 is 15.4 Å². The average Bonchev–Trinajstić information content (AvgIpc) is 2.90. The third kappa shape index (κ3) is 7.99. The molecular weight excluding hydrogens is 472 g/mol. The molecule has 1 aliphatic rings. The molecule has 0 spiro atoms. The summed E-state index contributed by atoms with van der Waals surface area (Å²) >= 11 is 0. The third-order valence-corrected chi connectivity index (χ3v) is 6.66. The van der Waals surface area contributed by atoms with Crippen LogP contribution in [0.15, 0.2) is 42.7 Å². The number of aromatic nitrogens is 1. The first-order valence-corrected chi connectivity index (χ1v) is 13.0. The van der Waals surface area contributed by atoms with Crippen molar-refractivity contribution in [2.75, 3.05) is 38.7 Å². The lowest BCUT2D eigenvalue weighted by atomic mass is 10.0. The van der Waals surface area contributed by atoms with Gasteiger partial charge in [-0.2, -0.15) is 0 Å². The van der Waals surface area contributed by atoms with Gasteiger partial charge in [0, 0.05) is 49.3 Å². The van der Waals surface area contributed by atoms with Crippen molar-refractivity contribution in [2.45, 2.75) is 58.3 Å². The van der Waals surface area contributed by atoms with E-state index in [9.17, 15) is 14.7 Å². The summed E-state index contributed by atoms with van der Waals surface area (Å²) in [6.07, 6.45) is 5.60. The van der Waals surface area contributed by atoms with E-state index in [1.165, 1.54) is 0 Å². The molecule has 0 unspecified atom stereocenters. The normalized spacial score (nSPS) is 22.4. The number of anilines is 1. The summed E-state index contributed by atoms with van der Waals surface area (Å²) in [5, 5.41) is 16.0. The Morgan fingerprint density at radius 1 is 1.22 bits per heavy atom. The maximum Gasteiger partial charge on any atom is 0.258 e. The Kier molecular flexibility index (Phi) is 10.9. The molecule has 0 aliphatic carbocycles. The van der Waals surface area contributed by atoms with Crippen LogP contribution in [0.2, 0.25) is 0 Å². The van der Waals surface area contributed by atoms with Crippen LogP contribution in [0.4, 0.5) is 5.69 Å². The third-order valence-electron chi connectivity index (χ3n) is 6.66. The molecule has 1 aromatic carbocycles. The molecule has 2 aromatic rings. The highest BCUT2D eigenvalue weighted by molar-refractivity contribution is 6.05. The molecule has 2 heterocycles. The van der Waals surface area contributed by atoms with Crippen molar-refractivity contribution in [3.05, 3.63) is 53.9 Å². The number of benzene rings is 1. The van der Waals surface area contributed by atoms with E-state index >= 15 is 0 Å². The quantitative estimate of drug-likeness (QED) is 0.544. The highest BCUT2D eigenvalue weighted by Gasteiger charge is 2.29. The molecule has 9 heteroatoms. The molecule has 0 radical (unpaired) electrons. The predicted molar refractivity (Wildman–Crippen MR) is 143 cm³/mol. The molecule has 4 atom stereocenters. The topological polar surface area (TPSA) is 113 Å². The fourth-order valence-electron chi connectivity index (χ4n) is 4.40. The lowest BCUT2D eigenvalue weighted by Crippen LogP contribution is -2.47. The fourth-order valence-corrected chi connectivity index (χ4v) is 4.40. The van der Waals surface area contributed by atoms with E-state index in [0.717, 1.165) is 19.3 Å². The standard InChI is InChI=1S/C28H40N4O5/c1-19-17-32(20(2)18-33)28(35)24-15-23(31-27(34)22-10-12-30-13-11-22)8-9-25(24)37-21(3)7-5-6-14-36-26(19)16-29-4/h8-13,15,19-21,26,29,33H,5-7,14,16-18H2,1-4H3,(H,31,34)/t19-,20-,21+,26+/m1/s1. The van der Waals surface area contributed by atoms with Crippen LogP contribution in [-0.2, 0) is 4.74 Å². The van der Waals surface area contributed by atoms with Crippen molar-refractivity contribution in [3.8, 4) is 5.75 Å². The first kappa shape index (κ1) is 28.6. The molecule has 9 nitrogen and oxygen atoms in total. The number of aliphatic hydroxyl groups is 1. The van der Waals surface area contributed by atoms with Gasteiger partial charge in [0.25, 0.3) is 11.8 Å². The summed E-state index contributed by atoms with van der Waals surface area (Å²) < 4.78 is 12.4. The Bertz CT molecular complexity index is 1020. The summed E-state index contributed by atoms with van der Waals surface area (Å²) in [6, 6.07) is 7.95. The number of hydrogen-bond donors (Lipinski definition) is 3. The van der Waals surface area contributed by atoms with Crippen LogP contribution >= 0.6 is 0 Å². The number of carbonyl (C=O) groups is 2. The van der Waals surface area contributed by atoms with E-state index in [0.29, 0.717) is 42.3 Å². The van der Waals surface area contributed by atoms with Gasteiger partial charge in [0.05, 0.1) is 30.4 Å². The number of fused-ring (bicyclic) bond motifs is 1. The molecule has 2 amide bonds. The first-order chi connectivity index (χ1) is 17.8. The summed E-state index contributed by atoms with van der Waals surface area (Å²) in [7, 11) is 1.89. The Morgan fingerprint density at radius 3 is 2.68 bits per heavy atom. The molecule has 1 aliphatic heterocycles. The van der Waals surface area contributed by atoms with Gasteiger partial charge in [-0.25, -0.2) is 0 Å². The largest absolute Gasteiger partial charge is 0.490 e. The molecule has 0 saturated heterocycles. The predicted octanol–water partition coefficient (Wildman–Crippen LogP) is 3.35. The zero-order chi connectivity index (χ0) is 26.8. The van der Waals surface area contributed by atoms with Crippen LogP contribution in [0.1, 0.15) is 60.7 Å². The van der Waals surface area contributed by atoms with Crippen molar-refractivity contribution >= 4 is 17.5 Å². The molecule has 0 saturated carbocycles. The SMILES string of the molecule is CNC[C@@H]1OCCCC[C@H](C)Oc2ccc(NC(=O)c3ccncc3)cc2C(=O)N([C@H](C)CO)C[C@H]1C. The lowest BCUT2D eigenvalue weighted by Gasteiger charge is -2.34. The van der Waals surface area contributed by atoms with Gasteiger partial charge in [0.2, 0.25) is 0 Å². The van der Waals surface area contributed by atoms with Gasteiger partial charge in [0.1, 0.15) is 5.75 Å². The second-order valence-corrected chi connectivity index (χ2v) is 9.76. The minimum absolute atomic E-state index is 0.0196. The molecule has 3 N–H and O–H groups in total. The zero-order valence-corrected chi connectivity index (χ0v) is 22.3. The molecule has 37 heavy (non-hydrogen) atoms. The van der Waals surface area contributed by atoms with Crippen LogP contribution in [0.5, 0.6) is 5.75 Å². The molecule has 0 bridgehead atoms. The van der Waals surface area contributed by atoms with E-state index in [4.69, 9.17) is 9.47 Å². The summed E-state index contributed by atoms with van der Waals surface area (Å²) in [5.74, 6) is -0.0874. The summed E-state index contributed by atoms with van der Waals surface area (Å²) in [5.41, 5.74) is 1.29. The molecule has 1 aromatic heterocycles.